The Morgan fingerprint density at radius 2 is 1.88 bits per heavy atom. The minimum Gasteiger partial charge on any atom is -0.392 e. The lowest BCUT2D eigenvalue weighted by atomic mass is 10.2. The standard InChI is InChI=1S/C11H16N2O3S/c14-9-10-5-1-2-6-11(10)12-17(15,16)13-7-3-4-8-13/h1-2,5-6,12,14H,3-4,7-9H2. The summed E-state index contributed by atoms with van der Waals surface area (Å²) < 4.78 is 28.0. The van der Waals surface area contributed by atoms with Crippen LogP contribution in [0.1, 0.15) is 18.4 Å². The highest BCUT2D eigenvalue weighted by Gasteiger charge is 2.25. The lowest BCUT2D eigenvalue weighted by Crippen LogP contribution is -2.33. The molecule has 1 aliphatic rings. The smallest absolute Gasteiger partial charge is 0.301 e. The summed E-state index contributed by atoms with van der Waals surface area (Å²) in [4.78, 5) is 0. The molecule has 1 aromatic rings. The zero-order chi connectivity index (χ0) is 12.3. The highest BCUT2D eigenvalue weighted by atomic mass is 32.2. The lowest BCUT2D eigenvalue weighted by Gasteiger charge is -2.18. The number of nitrogens with zero attached hydrogens (tertiary/aromatic N) is 1. The van der Waals surface area contributed by atoms with E-state index in [9.17, 15) is 8.42 Å². The molecule has 94 valence electrons. The third kappa shape index (κ3) is 2.77. The Labute approximate surface area is 101 Å². The Bertz CT molecular complexity index is 481. The summed E-state index contributed by atoms with van der Waals surface area (Å²) in [6.07, 6.45) is 1.81. The van der Waals surface area contributed by atoms with Crippen LogP contribution >= 0.6 is 0 Å². The van der Waals surface area contributed by atoms with E-state index in [0.29, 0.717) is 24.3 Å². The van der Waals surface area contributed by atoms with Gasteiger partial charge in [-0.25, -0.2) is 0 Å². The van der Waals surface area contributed by atoms with Gasteiger partial charge in [-0.3, -0.25) is 4.72 Å². The van der Waals surface area contributed by atoms with Crippen molar-refractivity contribution in [1.82, 2.24) is 4.31 Å². The third-order valence-corrected chi connectivity index (χ3v) is 4.35. The molecule has 1 saturated heterocycles. The molecule has 0 unspecified atom stereocenters. The van der Waals surface area contributed by atoms with Crippen LogP contribution in [0.15, 0.2) is 24.3 Å². The molecule has 0 aromatic heterocycles. The molecule has 0 spiro atoms. The van der Waals surface area contributed by atoms with Crippen molar-refractivity contribution in [3.05, 3.63) is 29.8 Å². The van der Waals surface area contributed by atoms with Crippen LogP contribution in [0.2, 0.25) is 0 Å². The highest BCUT2D eigenvalue weighted by molar-refractivity contribution is 7.90. The van der Waals surface area contributed by atoms with Gasteiger partial charge < -0.3 is 5.11 Å². The Morgan fingerprint density at radius 1 is 1.24 bits per heavy atom. The summed E-state index contributed by atoms with van der Waals surface area (Å²) in [6, 6.07) is 6.85. The predicted octanol–water partition coefficient (Wildman–Crippen LogP) is 0.931. The molecule has 1 aliphatic heterocycles. The van der Waals surface area contributed by atoms with E-state index < -0.39 is 10.2 Å². The van der Waals surface area contributed by atoms with Gasteiger partial charge in [-0.15, -0.1) is 0 Å². The minimum atomic E-state index is -3.47. The van der Waals surface area contributed by atoms with E-state index >= 15 is 0 Å². The first-order valence-electron chi connectivity index (χ1n) is 5.60. The van der Waals surface area contributed by atoms with Crippen molar-refractivity contribution in [2.24, 2.45) is 0 Å². The second-order valence-electron chi connectivity index (χ2n) is 4.03. The number of rotatable bonds is 4. The zero-order valence-corrected chi connectivity index (χ0v) is 10.3. The number of hydrogen-bond donors (Lipinski definition) is 2. The first-order chi connectivity index (χ1) is 8.13. The van der Waals surface area contributed by atoms with Crippen LogP contribution in [0.25, 0.3) is 0 Å². The van der Waals surface area contributed by atoms with Crippen molar-refractivity contribution in [3.63, 3.8) is 0 Å². The van der Waals surface area contributed by atoms with Gasteiger partial charge in [0.25, 0.3) is 0 Å². The van der Waals surface area contributed by atoms with Crippen LogP contribution in [-0.4, -0.2) is 30.9 Å². The van der Waals surface area contributed by atoms with E-state index in [0.717, 1.165) is 12.8 Å². The Kier molecular flexibility index (Phi) is 3.66. The summed E-state index contributed by atoms with van der Waals surface area (Å²) in [5.74, 6) is 0. The number of para-hydroxylation sites is 1. The van der Waals surface area contributed by atoms with E-state index in [1.54, 1.807) is 24.3 Å². The molecule has 2 N–H and O–H groups in total. The van der Waals surface area contributed by atoms with E-state index in [4.69, 9.17) is 5.11 Å². The number of aliphatic hydroxyl groups excluding tert-OH is 1. The maximum Gasteiger partial charge on any atom is 0.301 e. The van der Waals surface area contributed by atoms with E-state index in [1.165, 1.54) is 4.31 Å². The zero-order valence-electron chi connectivity index (χ0n) is 9.46. The van der Waals surface area contributed by atoms with Gasteiger partial charge in [0, 0.05) is 18.7 Å². The predicted molar refractivity (Wildman–Crippen MR) is 65.7 cm³/mol. The summed E-state index contributed by atoms with van der Waals surface area (Å²) in [7, 11) is -3.47. The molecule has 1 heterocycles. The fourth-order valence-electron chi connectivity index (χ4n) is 1.89. The van der Waals surface area contributed by atoms with Crippen molar-refractivity contribution in [2.75, 3.05) is 17.8 Å². The van der Waals surface area contributed by atoms with Crippen molar-refractivity contribution < 1.29 is 13.5 Å². The Balaban J connectivity index is 2.19. The maximum absolute atomic E-state index is 12.0. The highest BCUT2D eigenvalue weighted by Crippen LogP contribution is 2.20. The quantitative estimate of drug-likeness (QED) is 0.842. The first-order valence-corrected chi connectivity index (χ1v) is 7.04. The molecule has 0 bridgehead atoms. The first kappa shape index (κ1) is 12.3. The summed E-state index contributed by atoms with van der Waals surface area (Å²) >= 11 is 0. The molecule has 0 saturated carbocycles. The van der Waals surface area contributed by atoms with E-state index in [-0.39, 0.29) is 6.61 Å². The van der Waals surface area contributed by atoms with Crippen molar-refractivity contribution >= 4 is 15.9 Å². The average Bonchev–Trinajstić information content (AvgIpc) is 2.83. The van der Waals surface area contributed by atoms with Gasteiger partial charge in [0.15, 0.2) is 0 Å². The molecule has 17 heavy (non-hydrogen) atoms. The van der Waals surface area contributed by atoms with Crippen LogP contribution in [0.5, 0.6) is 0 Å². The molecular formula is C11H16N2O3S. The summed E-state index contributed by atoms with van der Waals surface area (Å²) in [6.45, 7) is 0.950. The monoisotopic (exact) mass is 256 g/mol. The fraction of sp³-hybridized carbons (Fsp3) is 0.455. The molecule has 2 rings (SSSR count). The van der Waals surface area contributed by atoms with E-state index in [2.05, 4.69) is 4.72 Å². The lowest BCUT2D eigenvalue weighted by molar-refractivity contribution is 0.282. The normalized spacial score (nSPS) is 17.2. The van der Waals surface area contributed by atoms with Gasteiger partial charge in [0.2, 0.25) is 0 Å². The number of aliphatic hydroxyl groups is 1. The topological polar surface area (TPSA) is 69.6 Å². The molecule has 0 amide bonds. The Hall–Kier alpha value is -1.11. The molecule has 0 aliphatic carbocycles. The van der Waals surface area contributed by atoms with Crippen molar-refractivity contribution in [3.8, 4) is 0 Å². The summed E-state index contributed by atoms with van der Waals surface area (Å²) in [5, 5.41) is 9.13. The summed E-state index contributed by atoms with van der Waals surface area (Å²) in [5.41, 5.74) is 1.03. The van der Waals surface area contributed by atoms with Crippen molar-refractivity contribution in [2.45, 2.75) is 19.4 Å². The molecular weight excluding hydrogens is 240 g/mol. The SMILES string of the molecule is O=S(=O)(Nc1ccccc1CO)N1CCCC1. The number of hydrogen-bond acceptors (Lipinski definition) is 3. The number of nitrogens with one attached hydrogen (secondary N) is 1. The van der Waals surface area contributed by atoms with Crippen LogP contribution in [0.3, 0.4) is 0 Å². The van der Waals surface area contributed by atoms with Gasteiger partial charge in [-0.1, -0.05) is 18.2 Å². The molecule has 1 fully saturated rings. The molecule has 1 aromatic carbocycles. The molecule has 0 atom stereocenters. The molecule has 6 heteroatoms. The second kappa shape index (κ2) is 5.03. The second-order valence-corrected chi connectivity index (χ2v) is 5.70. The van der Waals surface area contributed by atoms with Crippen LogP contribution in [0.4, 0.5) is 5.69 Å². The van der Waals surface area contributed by atoms with Crippen LogP contribution in [0, 0.1) is 0 Å². The van der Waals surface area contributed by atoms with Gasteiger partial charge in [-0.2, -0.15) is 12.7 Å². The fourth-order valence-corrected chi connectivity index (χ4v) is 3.23. The van der Waals surface area contributed by atoms with Gasteiger partial charge >= 0.3 is 10.2 Å². The van der Waals surface area contributed by atoms with Gasteiger partial charge in [0.05, 0.1) is 12.3 Å². The van der Waals surface area contributed by atoms with Gasteiger partial charge in [0.1, 0.15) is 0 Å². The largest absolute Gasteiger partial charge is 0.392 e. The maximum atomic E-state index is 12.0. The Morgan fingerprint density at radius 3 is 2.53 bits per heavy atom. The minimum absolute atomic E-state index is 0.182. The van der Waals surface area contributed by atoms with Crippen LogP contribution in [-0.2, 0) is 16.8 Å². The average molecular weight is 256 g/mol. The van der Waals surface area contributed by atoms with Crippen molar-refractivity contribution in [1.29, 1.82) is 0 Å². The van der Waals surface area contributed by atoms with Crippen LogP contribution < -0.4 is 4.72 Å². The van der Waals surface area contributed by atoms with E-state index in [1.807, 2.05) is 0 Å². The third-order valence-electron chi connectivity index (χ3n) is 2.83. The number of benzene rings is 1. The molecule has 5 nitrogen and oxygen atoms in total. The molecule has 0 radical (unpaired) electrons. The van der Waals surface area contributed by atoms with Gasteiger partial charge in [-0.05, 0) is 18.9 Å². The number of anilines is 1.